The summed E-state index contributed by atoms with van der Waals surface area (Å²) < 4.78 is 0. The van der Waals surface area contributed by atoms with Gasteiger partial charge in [0.25, 0.3) is 5.91 Å². The number of amides is 1. The van der Waals surface area contributed by atoms with Crippen molar-refractivity contribution in [1.29, 1.82) is 0 Å². The predicted octanol–water partition coefficient (Wildman–Crippen LogP) is 3.87. The molecule has 106 valence electrons. The lowest BCUT2D eigenvalue weighted by Gasteiger charge is -2.27. The fraction of sp³-hybridized carbons (Fsp3) is 0.471. The molecular formula is C17H22N2O. The fourth-order valence-corrected chi connectivity index (χ4v) is 3.43. The van der Waals surface area contributed by atoms with Crippen LogP contribution >= 0.6 is 0 Å². The Bertz CT molecular complexity index is 608. The molecule has 0 atom stereocenters. The molecule has 1 aliphatic rings. The van der Waals surface area contributed by atoms with Gasteiger partial charge in [-0.15, -0.1) is 0 Å². The van der Waals surface area contributed by atoms with Crippen molar-refractivity contribution in [1.82, 2.24) is 10.3 Å². The molecule has 1 aliphatic carbocycles. The lowest BCUT2D eigenvalue weighted by molar-refractivity contribution is 0.0930. The van der Waals surface area contributed by atoms with Gasteiger partial charge in [-0.2, -0.15) is 0 Å². The lowest BCUT2D eigenvalue weighted by atomic mass is 9.83. The molecule has 0 radical (unpaired) electrons. The van der Waals surface area contributed by atoms with Gasteiger partial charge in [0.2, 0.25) is 0 Å². The average Bonchev–Trinajstić information content (AvgIpc) is 3.13. The summed E-state index contributed by atoms with van der Waals surface area (Å²) in [5.74, 6) is 0.0509. The second-order valence-corrected chi connectivity index (χ2v) is 5.99. The minimum absolute atomic E-state index is 0.0509. The van der Waals surface area contributed by atoms with E-state index in [0.717, 1.165) is 29.4 Å². The zero-order valence-corrected chi connectivity index (χ0v) is 12.0. The van der Waals surface area contributed by atoms with Gasteiger partial charge in [-0.1, -0.05) is 25.8 Å². The van der Waals surface area contributed by atoms with Crippen molar-refractivity contribution in [3.8, 4) is 0 Å². The minimum atomic E-state index is 0.0509. The van der Waals surface area contributed by atoms with Gasteiger partial charge < -0.3 is 10.3 Å². The molecule has 1 aromatic carbocycles. The Balaban J connectivity index is 1.75. The van der Waals surface area contributed by atoms with Crippen molar-refractivity contribution in [3.05, 3.63) is 36.0 Å². The Hall–Kier alpha value is -1.77. The summed E-state index contributed by atoms with van der Waals surface area (Å²) in [6.07, 6.45) is 8.14. The van der Waals surface area contributed by atoms with E-state index in [1.807, 2.05) is 30.5 Å². The summed E-state index contributed by atoms with van der Waals surface area (Å²) in [4.78, 5) is 15.6. The fourth-order valence-electron chi connectivity index (χ4n) is 3.43. The van der Waals surface area contributed by atoms with Crippen LogP contribution in [0.5, 0.6) is 0 Å². The predicted molar refractivity (Wildman–Crippen MR) is 81.8 cm³/mol. The summed E-state index contributed by atoms with van der Waals surface area (Å²) in [5.41, 5.74) is 2.12. The number of H-pyrrole nitrogens is 1. The summed E-state index contributed by atoms with van der Waals surface area (Å²) in [6, 6.07) is 7.80. The van der Waals surface area contributed by atoms with Crippen LogP contribution in [0.1, 0.15) is 49.4 Å². The zero-order valence-electron chi connectivity index (χ0n) is 12.0. The maximum Gasteiger partial charge on any atom is 0.251 e. The van der Waals surface area contributed by atoms with E-state index < -0.39 is 0 Å². The van der Waals surface area contributed by atoms with E-state index in [9.17, 15) is 4.79 Å². The highest BCUT2D eigenvalue weighted by Gasteiger charge is 2.32. The highest BCUT2D eigenvalue weighted by molar-refractivity contribution is 6.06. The third-order valence-electron chi connectivity index (χ3n) is 4.88. The number of hydrogen-bond acceptors (Lipinski definition) is 1. The Labute approximate surface area is 119 Å². The van der Waals surface area contributed by atoms with Crippen molar-refractivity contribution in [2.75, 3.05) is 6.54 Å². The maximum absolute atomic E-state index is 12.4. The first-order valence-electron chi connectivity index (χ1n) is 7.58. The molecule has 0 saturated heterocycles. The third-order valence-corrected chi connectivity index (χ3v) is 4.88. The van der Waals surface area contributed by atoms with Crippen LogP contribution in [0.25, 0.3) is 10.9 Å². The maximum atomic E-state index is 12.4. The first kappa shape index (κ1) is 13.2. The average molecular weight is 270 g/mol. The van der Waals surface area contributed by atoms with E-state index in [-0.39, 0.29) is 5.91 Å². The van der Waals surface area contributed by atoms with Gasteiger partial charge in [0, 0.05) is 29.2 Å². The van der Waals surface area contributed by atoms with Gasteiger partial charge in [0.05, 0.1) is 0 Å². The highest BCUT2D eigenvalue weighted by atomic mass is 16.1. The Morgan fingerprint density at radius 3 is 2.85 bits per heavy atom. The molecular weight excluding hydrogens is 248 g/mol. The largest absolute Gasteiger partial charge is 0.361 e. The molecule has 1 amide bonds. The van der Waals surface area contributed by atoms with Crippen LogP contribution in [0, 0.1) is 5.41 Å². The number of rotatable bonds is 4. The Kier molecular flexibility index (Phi) is 3.51. The molecule has 2 N–H and O–H groups in total. The smallest absolute Gasteiger partial charge is 0.251 e. The summed E-state index contributed by atoms with van der Waals surface area (Å²) >= 11 is 0. The normalized spacial score (nSPS) is 17.4. The van der Waals surface area contributed by atoms with E-state index in [0.29, 0.717) is 5.41 Å². The second-order valence-electron chi connectivity index (χ2n) is 5.99. The van der Waals surface area contributed by atoms with Crippen molar-refractivity contribution in [2.24, 2.45) is 5.41 Å². The van der Waals surface area contributed by atoms with Gasteiger partial charge >= 0.3 is 0 Å². The molecule has 0 bridgehead atoms. The van der Waals surface area contributed by atoms with E-state index in [4.69, 9.17) is 0 Å². The van der Waals surface area contributed by atoms with Crippen LogP contribution in [0.3, 0.4) is 0 Å². The number of aromatic amines is 1. The first-order valence-corrected chi connectivity index (χ1v) is 7.58. The van der Waals surface area contributed by atoms with Gasteiger partial charge in [-0.3, -0.25) is 4.79 Å². The number of nitrogens with one attached hydrogen (secondary N) is 2. The van der Waals surface area contributed by atoms with Crippen LogP contribution in [-0.2, 0) is 0 Å². The quantitative estimate of drug-likeness (QED) is 0.870. The molecule has 0 spiro atoms. The molecule has 3 rings (SSSR count). The van der Waals surface area contributed by atoms with Crippen LogP contribution in [0.15, 0.2) is 30.5 Å². The van der Waals surface area contributed by atoms with Gasteiger partial charge in [0.15, 0.2) is 0 Å². The Morgan fingerprint density at radius 1 is 1.30 bits per heavy atom. The molecule has 1 saturated carbocycles. The molecule has 1 heterocycles. The summed E-state index contributed by atoms with van der Waals surface area (Å²) in [6.45, 7) is 3.05. The zero-order chi connectivity index (χ0) is 14.0. The van der Waals surface area contributed by atoms with Crippen molar-refractivity contribution >= 4 is 16.8 Å². The summed E-state index contributed by atoms with van der Waals surface area (Å²) in [5, 5.41) is 4.16. The number of aromatic nitrogens is 1. The van der Waals surface area contributed by atoms with E-state index in [1.54, 1.807) is 0 Å². The van der Waals surface area contributed by atoms with Crippen LogP contribution in [0.4, 0.5) is 0 Å². The van der Waals surface area contributed by atoms with Crippen LogP contribution in [-0.4, -0.2) is 17.4 Å². The van der Waals surface area contributed by atoms with Crippen LogP contribution < -0.4 is 5.32 Å². The molecule has 3 nitrogen and oxygen atoms in total. The Morgan fingerprint density at radius 2 is 2.10 bits per heavy atom. The van der Waals surface area contributed by atoms with E-state index >= 15 is 0 Å². The highest BCUT2D eigenvalue weighted by Crippen LogP contribution is 2.40. The van der Waals surface area contributed by atoms with E-state index in [2.05, 4.69) is 17.2 Å². The van der Waals surface area contributed by atoms with Gasteiger partial charge in [-0.05, 0) is 42.9 Å². The number of hydrogen-bond donors (Lipinski definition) is 2. The molecule has 0 aliphatic heterocycles. The van der Waals surface area contributed by atoms with Crippen LogP contribution in [0.2, 0.25) is 0 Å². The van der Waals surface area contributed by atoms with E-state index in [1.165, 1.54) is 25.7 Å². The van der Waals surface area contributed by atoms with Crippen molar-refractivity contribution < 1.29 is 4.79 Å². The number of fused-ring (bicyclic) bond motifs is 1. The SMILES string of the molecule is CCC1(CNC(=O)c2cccc3[nH]ccc23)CCCC1. The van der Waals surface area contributed by atoms with Crippen molar-refractivity contribution in [3.63, 3.8) is 0 Å². The van der Waals surface area contributed by atoms with Crippen molar-refractivity contribution in [2.45, 2.75) is 39.0 Å². The number of benzene rings is 1. The third kappa shape index (κ3) is 2.33. The monoisotopic (exact) mass is 270 g/mol. The lowest BCUT2D eigenvalue weighted by Crippen LogP contribution is -2.35. The van der Waals surface area contributed by atoms with Gasteiger partial charge in [-0.25, -0.2) is 0 Å². The number of carbonyl (C=O) groups excluding carboxylic acids is 1. The molecule has 3 heteroatoms. The standard InChI is InChI=1S/C17H22N2O/c1-2-17(9-3-4-10-17)12-19-16(20)14-6-5-7-15-13(14)8-11-18-15/h5-8,11,18H,2-4,9-10,12H2,1H3,(H,19,20). The summed E-state index contributed by atoms with van der Waals surface area (Å²) in [7, 11) is 0. The van der Waals surface area contributed by atoms with Gasteiger partial charge in [0.1, 0.15) is 0 Å². The molecule has 20 heavy (non-hydrogen) atoms. The molecule has 0 unspecified atom stereocenters. The molecule has 2 aromatic rings. The molecule has 1 fully saturated rings. The second kappa shape index (κ2) is 5.31. The minimum Gasteiger partial charge on any atom is -0.361 e. The molecule has 1 aromatic heterocycles. The first-order chi connectivity index (χ1) is 9.74. The number of carbonyl (C=O) groups is 1. The topological polar surface area (TPSA) is 44.9 Å².